The van der Waals surface area contributed by atoms with Crippen LogP contribution in [0.1, 0.15) is 29.7 Å². The number of nitrogens with zero attached hydrogens (tertiary/aromatic N) is 2. The van der Waals surface area contributed by atoms with Crippen molar-refractivity contribution in [3.63, 3.8) is 0 Å². The topological polar surface area (TPSA) is 60.7 Å². The van der Waals surface area contributed by atoms with Gasteiger partial charge in [0.15, 0.2) is 4.80 Å². The van der Waals surface area contributed by atoms with E-state index in [2.05, 4.69) is 0 Å². The van der Waals surface area contributed by atoms with Gasteiger partial charge in [-0.3, -0.25) is 9.36 Å². The van der Waals surface area contributed by atoms with Gasteiger partial charge in [0, 0.05) is 5.56 Å². The van der Waals surface area contributed by atoms with Gasteiger partial charge >= 0.3 is 5.97 Å². The number of esters is 1. The zero-order valence-corrected chi connectivity index (χ0v) is 19.7. The number of carbonyl (C=O) groups excluding carboxylic acids is 1. The number of aromatic nitrogens is 1. The molecule has 4 aromatic rings. The third-order valence-electron chi connectivity index (χ3n) is 5.66. The van der Waals surface area contributed by atoms with Crippen LogP contribution in [-0.4, -0.2) is 17.1 Å². The molecule has 0 saturated heterocycles. The van der Waals surface area contributed by atoms with Crippen molar-refractivity contribution < 1.29 is 13.9 Å². The molecule has 0 unspecified atom stereocenters. The Bertz CT molecular complexity index is 1590. The first-order valence-electron chi connectivity index (χ1n) is 11.2. The van der Waals surface area contributed by atoms with Crippen LogP contribution in [0.3, 0.4) is 0 Å². The Balaban J connectivity index is 1.82. The smallest absolute Gasteiger partial charge is 0.338 e. The molecule has 0 fully saturated rings. The molecular formula is C28H21FN2O3S. The fourth-order valence-corrected chi connectivity index (χ4v) is 5.10. The van der Waals surface area contributed by atoms with E-state index >= 15 is 0 Å². The van der Waals surface area contributed by atoms with Crippen molar-refractivity contribution in [2.24, 2.45) is 4.99 Å². The van der Waals surface area contributed by atoms with Gasteiger partial charge in [-0.1, -0.05) is 84.1 Å². The molecule has 5 nitrogen and oxygen atoms in total. The zero-order valence-electron chi connectivity index (χ0n) is 18.9. The first-order valence-corrected chi connectivity index (χ1v) is 12.0. The predicted octanol–water partition coefficient (Wildman–Crippen LogP) is 4.07. The number of halogens is 1. The summed E-state index contributed by atoms with van der Waals surface area (Å²) in [4.78, 5) is 32.3. The summed E-state index contributed by atoms with van der Waals surface area (Å²) < 4.78 is 20.8. The van der Waals surface area contributed by atoms with E-state index in [-0.39, 0.29) is 18.0 Å². The van der Waals surface area contributed by atoms with Crippen molar-refractivity contribution in [3.8, 4) is 0 Å². The van der Waals surface area contributed by atoms with Crippen molar-refractivity contribution in [2.45, 2.75) is 13.0 Å². The molecule has 0 amide bonds. The monoisotopic (exact) mass is 484 g/mol. The second kappa shape index (κ2) is 9.64. The standard InChI is InChI=1S/C28H21FN2O3S/c1-2-34-27(33)23-24(19-9-5-3-6-10-19)30-28-31(25(23)20-11-7-4-8-12-20)26(32)22(35-28)17-18-13-15-21(29)16-14-18/h3-17,25H,2H2,1H3/b22-17-/t25-/m0/s1. The summed E-state index contributed by atoms with van der Waals surface area (Å²) in [6.07, 6.45) is 1.71. The Morgan fingerprint density at radius 1 is 1.03 bits per heavy atom. The Morgan fingerprint density at radius 3 is 2.34 bits per heavy atom. The van der Waals surface area contributed by atoms with Crippen LogP contribution in [0.4, 0.5) is 4.39 Å². The summed E-state index contributed by atoms with van der Waals surface area (Å²) in [5.41, 5.74) is 2.74. The van der Waals surface area contributed by atoms with Crippen molar-refractivity contribution in [2.75, 3.05) is 6.61 Å². The van der Waals surface area contributed by atoms with Gasteiger partial charge in [-0.15, -0.1) is 0 Å². The van der Waals surface area contributed by atoms with Crippen LogP contribution in [0.15, 0.2) is 100 Å². The number of ether oxygens (including phenoxy) is 1. The van der Waals surface area contributed by atoms with Gasteiger partial charge in [0.05, 0.1) is 28.5 Å². The van der Waals surface area contributed by atoms with E-state index in [4.69, 9.17) is 9.73 Å². The van der Waals surface area contributed by atoms with Crippen molar-refractivity contribution >= 4 is 29.1 Å². The van der Waals surface area contributed by atoms with Gasteiger partial charge in [-0.25, -0.2) is 14.2 Å². The fourth-order valence-electron chi connectivity index (χ4n) is 4.10. The largest absolute Gasteiger partial charge is 0.463 e. The predicted molar refractivity (Wildman–Crippen MR) is 134 cm³/mol. The van der Waals surface area contributed by atoms with Crippen molar-refractivity contribution in [3.05, 3.63) is 133 Å². The average Bonchev–Trinajstić information content (AvgIpc) is 3.20. The van der Waals surface area contributed by atoms with Gasteiger partial charge in [0.1, 0.15) is 5.82 Å². The van der Waals surface area contributed by atoms with Gasteiger partial charge in [0.2, 0.25) is 0 Å². The van der Waals surface area contributed by atoms with Gasteiger partial charge < -0.3 is 4.74 Å². The number of hydrogen-bond donors (Lipinski definition) is 0. The molecule has 1 atom stereocenters. The Hall–Kier alpha value is -4.10. The number of thiazole rings is 1. The number of fused-ring (bicyclic) bond motifs is 1. The molecule has 0 spiro atoms. The molecule has 35 heavy (non-hydrogen) atoms. The lowest BCUT2D eigenvalue weighted by molar-refractivity contribution is -0.138. The molecule has 3 aromatic carbocycles. The van der Waals surface area contributed by atoms with Crippen LogP contribution in [-0.2, 0) is 9.53 Å². The SMILES string of the molecule is CCOC(=O)C1=C(c2ccccc2)N=c2s/c(=C\c3ccc(F)cc3)c(=O)n2[C@H]1c1ccccc1. The van der Waals surface area contributed by atoms with Gasteiger partial charge in [0.25, 0.3) is 5.56 Å². The minimum Gasteiger partial charge on any atom is -0.463 e. The summed E-state index contributed by atoms with van der Waals surface area (Å²) in [6, 6.07) is 24.0. The van der Waals surface area contributed by atoms with E-state index in [1.807, 2.05) is 60.7 Å². The summed E-state index contributed by atoms with van der Waals surface area (Å²) in [6.45, 7) is 1.94. The highest BCUT2D eigenvalue weighted by molar-refractivity contribution is 7.07. The molecule has 0 radical (unpaired) electrons. The number of rotatable bonds is 5. The molecule has 174 valence electrons. The second-order valence-electron chi connectivity index (χ2n) is 7.89. The molecule has 1 aliphatic heterocycles. The van der Waals surface area contributed by atoms with E-state index in [1.165, 1.54) is 23.5 Å². The Labute approximate surface area is 204 Å². The molecule has 0 bridgehead atoms. The summed E-state index contributed by atoms with van der Waals surface area (Å²) >= 11 is 1.23. The molecule has 1 aliphatic rings. The number of benzene rings is 3. The van der Waals surface area contributed by atoms with Crippen molar-refractivity contribution in [1.82, 2.24) is 4.57 Å². The van der Waals surface area contributed by atoms with Crippen LogP contribution in [0.25, 0.3) is 11.8 Å². The highest BCUT2D eigenvalue weighted by Gasteiger charge is 2.35. The van der Waals surface area contributed by atoms with E-state index in [0.717, 1.165) is 11.1 Å². The van der Waals surface area contributed by atoms with Crippen LogP contribution < -0.4 is 14.9 Å². The molecule has 0 N–H and O–H groups in total. The maximum Gasteiger partial charge on any atom is 0.338 e. The lowest BCUT2D eigenvalue weighted by Crippen LogP contribution is -2.39. The summed E-state index contributed by atoms with van der Waals surface area (Å²) in [5, 5.41) is 0. The van der Waals surface area contributed by atoms with E-state index in [0.29, 0.717) is 26.2 Å². The van der Waals surface area contributed by atoms with Crippen LogP contribution >= 0.6 is 11.3 Å². The van der Waals surface area contributed by atoms with Crippen LogP contribution in [0.2, 0.25) is 0 Å². The normalized spacial score (nSPS) is 15.5. The fraction of sp³-hybridized carbons (Fsp3) is 0.107. The third kappa shape index (κ3) is 4.38. The molecule has 1 aromatic heterocycles. The van der Waals surface area contributed by atoms with E-state index in [9.17, 15) is 14.0 Å². The Kier molecular flexibility index (Phi) is 6.25. The maximum atomic E-state index is 13.7. The highest BCUT2D eigenvalue weighted by Crippen LogP contribution is 2.34. The Morgan fingerprint density at radius 2 is 1.69 bits per heavy atom. The van der Waals surface area contributed by atoms with E-state index in [1.54, 1.807) is 29.7 Å². The van der Waals surface area contributed by atoms with Crippen molar-refractivity contribution in [1.29, 1.82) is 0 Å². The molecule has 7 heteroatoms. The lowest BCUT2D eigenvalue weighted by atomic mass is 9.93. The first-order chi connectivity index (χ1) is 17.1. The second-order valence-corrected chi connectivity index (χ2v) is 8.90. The number of hydrogen-bond acceptors (Lipinski definition) is 5. The quantitative estimate of drug-likeness (QED) is 0.401. The molecular weight excluding hydrogens is 463 g/mol. The van der Waals surface area contributed by atoms with E-state index < -0.39 is 12.0 Å². The van der Waals surface area contributed by atoms with Gasteiger partial charge in [-0.2, -0.15) is 0 Å². The summed E-state index contributed by atoms with van der Waals surface area (Å²) in [7, 11) is 0. The molecule has 0 aliphatic carbocycles. The zero-order chi connectivity index (χ0) is 24.4. The molecule has 0 saturated carbocycles. The van der Waals surface area contributed by atoms with Gasteiger partial charge in [-0.05, 0) is 36.3 Å². The average molecular weight is 485 g/mol. The first kappa shape index (κ1) is 22.7. The third-order valence-corrected chi connectivity index (χ3v) is 6.64. The molecule has 2 heterocycles. The van der Waals surface area contributed by atoms with Crippen LogP contribution in [0.5, 0.6) is 0 Å². The molecule has 5 rings (SSSR count). The van der Waals surface area contributed by atoms with Crippen LogP contribution in [0, 0.1) is 5.82 Å². The lowest BCUT2D eigenvalue weighted by Gasteiger charge is -2.25. The minimum absolute atomic E-state index is 0.195. The highest BCUT2D eigenvalue weighted by atomic mass is 32.1. The minimum atomic E-state index is -0.711. The maximum absolute atomic E-state index is 13.7. The summed E-state index contributed by atoms with van der Waals surface area (Å²) in [5.74, 6) is -0.865. The number of carbonyl (C=O) groups is 1.